The summed E-state index contributed by atoms with van der Waals surface area (Å²) >= 11 is 1.60. The van der Waals surface area contributed by atoms with E-state index in [0.29, 0.717) is 25.5 Å². The summed E-state index contributed by atoms with van der Waals surface area (Å²) in [5.74, 6) is 0.786. The molecule has 3 N–H and O–H groups in total. The van der Waals surface area contributed by atoms with E-state index < -0.39 is 6.10 Å². The van der Waals surface area contributed by atoms with Crippen molar-refractivity contribution >= 4 is 39.0 Å². The monoisotopic (exact) mass is 436 g/mol. The first-order chi connectivity index (χ1) is 15.2. The molecule has 1 unspecified atom stereocenters. The molecule has 1 amide bonds. The molecule has 4 rings (SSSR count). The SMILES string of the molecule is CN=C(NCCCC(=O)N1CCc2ccccc21)NCC(O)c1cc2ccccc2s1. The number of thiophene rings is 1. The van der Waals surface area contributed by atoms with Crippen LogP contribution in [-0.4, -0.2) is 43.7 Å². The Balaban J connectivity index is 1.20. The van der Waals surface area contributed by atoms with Gasteiger partial charge in [-0.25, -0.2) is 0 Å². The summed E-state index contributed by atoms with van der Waals surface area (Å²) < 4.78 is 1.17. The Morgan fingerprint density at radius 3 is 2.84 bits per heavy atom. The van der Waals surface area contributed by atoms with E-state index in [1.54, 1.807) is 18.4 Å². The van der Waals surface area contributed by atoms with Crippen molar-refractivity contribution in [3.63, 3.8) is 0 Å². The lowest BCUT2D eigenvalue weighted by Crippen LogP contribution is -2.40. The van der Waals surface area contributed by atoms with E-state index in [4.69, 9.17) is 0 Å². The molecule has 0 aliphatic carbocycles. The van der Waals surface area contributed by atoms with Gasteiger partial charge in [-0.2, -0.15) is 0 Å². The fourth-order valence-corrected chi connectivity index (χ4v) is 4.91. The van der Waals surface area contributed by atoms with Gasteiger partial charge >= 0.3 is 0 Å². The smallest absolute Gasteiger partial charge is 0.227 e. The zero-order valence-corrected chi connectivity index (χ0v) is 18.5. The van der Waals surface area contributed by atoms with Crippen molar-refractivity contribution in [3.8, 4) is 0 Å². The minimum atomic E-state index is -0.604. The van der Waals surface area contributed by atoms with E-state index in [1.807, 2.05) is 41.3 Å². The van der Waals surface area contributed by atoms with Crippen LogP contribution in [0, 0.1) is 0 Å². The van der Waals surface area contributed by atoms with Crippen LogP contribution in [0.15, 0.2) is 59.6 Å². The number of aliphatic hydroxyl groups excluding tert-OH is 1. The van der Waals surface area contributed by atoms with Crippen molar-refractivity contribution in [2.45, 2.75) is 25.4 Å². The first-order valence-electron chi connectivity index (χ1n) is 10.6. The largest absolute Gasteiger partial charge is 0.386 e. The Kier molecular flexibility index (Phi) is 6.84. The Morgan fingerprint density at radius 2 is 2.00 bits per heavy atom. The van der Waals surface area contributed by atoms with Gasteiger partial charge in [-0.15, -0.1) is 11.3 Å². The molecule has 3 aromatic rings. The quantitative estimate of drug-likeness (QED) is 0.301. The normalized spacial score (nSPS) is 14.5. The summed E-state index contributed by atoms with van der Waals surface area (Å²) in [6, 6.07) is 18.3. The lowest BCUT2D eigenvalue weighted by Gasteiger charge is -2.18. The molecule has 7 heteroatoms. The molecule has 2 heterocycles. The molecule has 0 bridgehead atoms. The molecular formula is C24H28N4O2S. The number of benzene rings is 2. The zero-order valence-electron chi connectivity index (χ0n) is 17.7. The lowest BCUT2D eigenvalue weighted by molar-refractivity contribution is -0.118. The first-order valence-corrected chi connectivity index (χ1v) is 11.5. The Bertz CT molecular complexity index is 1050. The predicted octanol–water partition coefficient (Wildman–Crippen LogP) is 3.47. The molecule has 0 fully saturated rings. The third kappa shape index (κ3) is 5.06. The van der Waals surface area contributed by atoms with Crippen LogP contribution in [0.3, 0.4) is 0 Å². The fraction of sp³-hybridized carbons (Fsp3) is 0.333. The maximum atomic E-state index is 12.6. The van der Waals surface area contributed by atoms with Gasteiger partial charge in [-0.1, -0.05) is 36.4 Å². The number of fused-ring (bicyclic) bond motifs is 2. The number of aliphatic imine (C=N–C) groups is 1. The number of guanidine groups is 1. The summed E-state index contributed by atoms with van der Waals surface area (Å²) in [4.78, 5) is 19.6. The minimum Gasteiger partial charge on any atom is -0.386 e. The maximum Gasteiger partial charge on any atom is 0.227 e. The van der Waals surface area contributed by atoms with Crippen LogP contribution in [0.2, 0.25) is 0 Å². The predicted molar refractivity (Wildman–Crippen MR) is 128 cm³/mol. The molecule has 31 heavy (non-hydrogen) atoms. The average Bonchev–Trinajstić information content (AvgIpc) is 3.42. The lowest BCUT2D eigenvalue weighted by atomic mass is 10.2. The molecular weight excluding hydrogens is 408 g/mol. The molecule has 0 saturated heterocycles. The van der Waals surface area contributed by atoms with Crippen LogP contribution >= 0.6 is 11.3 Å². The number of anilines is 1. The number of rotatable bonds is 7. The van der Waals surface area contributed by atoms with Crippen LogP contribution < -0.4 is 15.5 Å². The highest BCUT2D eigenvalue weighted by atomic mass is 32.1. The molecule has 0 spiro atoms. The number of amides is 1. The van der Waals surface area contributed by atoms with Gasteiger partial charge in [-0.3, -0.25) is 9.79 Å². The van der Waals surface area contributed by atoms with Crippen molar-refractivity contribution in [2.75, 3.05) is 31.6 Å². The maximum absolute atomic E-state index is 12.6. The number of nitrogens with zero attached hydrogens (tertiary/aromatic N) is 2. The second-order valence-corrected chi connectivity index (χ2v) is 8.73. The van der Waals surface area contributed by atoms with E-state index in [-0.39, 0.29) is 5.91 Å². The summed E-state index contributed by atoms with van der Waals surface area (Å²) in [6.45, 7) is 1.78. The van der Waals surface area contributed by atoms with Crippen LogP contribution in [0.5, 0.6) is 0 Å². The zero-order chi connectivity index (χ0) is 21.6. The highest BCUT2D eigenvalue weighted by molar-refractivity contribution is 7.19. The number of hydrogen-bond donors (Lipinski definition) is 3. The topological polar surface area (TPSA) is 77.0 Å². The third-order valence-electron chi connectivity index (χ3n) is 5.51. The van der Waals surface area contributed by atoms with Crippen molar-refractivity contribution < 1.29 is 9.90 Å². The van der Waals surface area contributed by atoms with Crippen LogP contribution in [0.1, 0.15) is 29.4 Å². The number of para-hydroxylation sites is 1. The standard InChI is InChI=1S/C24H28N4O2S/c1-25-24(27-16-20(29)22-15-18-8-3-5-10-21(18)31-22)26-13-6-11-23(30)28-14-12-17-7-2-4-9-19(17)28/h2-5,7-10,15,20,29H,6,11-14,16H2,1H3,(H2,25,26,27). The highest BCUT2D eigenvalue weighted by Gasteiger charge is 2.23. The number of carbonyl (C=O) groups excluding carboxylic acids is 1. The Hall–Kier alpha value is -2.90. The summed E-state index contributed by atoms with van der Waals surface area (Å²) in [5.41, 5.74) is 2.30. The molecule has 2 aromatic carbocycles. The molecule has 0 saturated carbocycles. The van der Waals surface area contributed by atoms with Crippen molar-refractivity contribution in [1.29, 1.82) is 0 Å². The second kappa shape index (κ2) is 9.94. The molecule has 1 aliphatic rings. The minimum absolute atomic E-state index is 0.162. The van der Waals surface area contributed by atoms with E-state index in [0.717, 1.165) is 35.3 Å². The summed E-state index contributed by atoms with van der Waals surface area (Å²) in [6.07, 6.45) is 1.53. The van der Waals surface area contributed by atoms with E-state index >= 15 is 0 Å². The molecule has 1 atom stereocenters. The van der Waals surface area contributed by atoms with Crippen molar-refractivity contribution in [3.05, 3.63) is 65.0 Å². The van der Waals surface area contributed by atoms with E-state index in [2.05, 4.69) is 33.8 Å². The van der Waals surface area contributed by atoms with Gasteiger partial charge in [-0.05, 0) is 42.0 Å². The van der Waals surface area contributed by atoms with E-state index in [1.165, 1.54) is 10.3 Å². The van der Waals surface area contributed by atoms with E-state index in [9.17, 15) is 9.90 Å². The van der Waals surface area contributed by atoms with Gasteiger partial charge in [0.05, 0.1) is 0 Å². The number of nitrogens with one attached hydrogen (secondary N) is 2. The molecule has 1 aliphatic heterocycles. The molecule has 1 aromatic heterocycles. The van der Waals surface area contributed by atoms with Crippen LogP contribution in [0.25, 0.3) is 10.1 Å². The Labute approximate surface area is 186 Å². The number of hydrogen-bond acceptors (Lipinski definition) is 4. The van der Waals surface area contributed by atoms with Gasteiger partial charge < -0.3 is 20.6 Å². The highest BCUT2D eigenvalue weighted by Crippen LogP contribution is 2.29. The average molecular weight is 437 g/mol. The summed E-state index contributed by atoms with van der Waals surface area (Å²) in [7, 11) is 1.70. The van der Waals surface area contributed by atoms with Crippen LogP contribution in [-0.2, 0) is 11.2 Å². The first kappa shape index (κ1) is 21.3. The van der Waals surface area contributed by atoms with Gasteiger partial charge in [0.25, 0.3) is 0 Å². The van der Waals surface area contributed by atoms with Crippen LogP contribution in [0.4, 0.5) is 5.69 Å². The molecule has 0 radical (unpaired) electrons. The summed E-state index contributed by atoms with van der Waals surface area (Å²) in [5, 5.41) is 18.1. The molecule has 6 nitrogen and oxygen atoms in total. The van der Waals surface area contributed by atoms with Gasteiger partial charge in [0.2, 0.25) is 5.91 Å². The van der Waals surface area contributed by atoms with Crippen molar-refractivity contribution in [2.24, 2.45) is 4.99 Å². The number of carbonyl (C=O) groups is 1. The van der Waals surface area contributed by atoms with Gasteiger partial charge in [0.1, 0.15) is 6.10 Å². The van der Waals surface area contributed by atoms with Crippen molar-refractivity contribution in [1.82, 2.24) is 10.6 Å². The fourth-order valence-electron chi connectivity index (χ4n) is 3.86. The van der Waals surface area contributed by atoms with Gasteiger partial charge in [0.15, 0.2) is 5.96 Å². The Morgan fingerprint density at radius 1 is 1.19 bits per heavy atom. The van der Waals surface area contributed by atoms with Gasteiger partial charge in [0, 0.05) is 48.4 Å². The third-order valence-corrected chi connectivity index (χ3v) is 6.72. The number of aliphatic hydroxyl groups is 1. The molecule has 162 valence electrons. The second-order valence-electron chi connectivity index (χ2n) is 7.61.